The topological polar surface area (TPSA) is 29.5 Å². The number of hydrogen-bond acceptors (Lipinski definition) is 2. The van der Waals surface area contributed by atoms with Crippen LogP contribution in [0, 0.1) is 0 Å². The molecule has 2 nitrogen and oxygen atoms in total. The normalized spacial score (nSPS) is 19.9. The molecule has 0 saturated carbocycles. The zero-order valence-corrected chi connectivity index (χ0v) is 10.8. The number of rotatable bonds is 1. The first kappa shape index (κ1) is 11.0. The van der Waals surface area contributed by atoms with E-state index in [9.17, 15) is 5.11 Å². The van der Waals surface area contributed by atoms with E-state index in [4.69, 9.17) is 4.74 Å². The third-order valence-corrected chi connectivity index (χ3v) is 3.07. The third-order valence-electron chi connectivity index (χ3n) is 2.62. The molecule has 82 valence electrons. The van der Waals surface area contributed by atoms with Crippen LogP contribution in [0.1, 0.15) is 31.9 Å². The molecule has 0 bridgehead atoms. The van der Waals surface area contributed by atoms with Crippen molar-refractivity contribution < 1.29 is 9.84 Å². The molecule has 1 heterocycles. The zero-order chi connectivity index (χ0) is 11.2. The van der Waals surface area contributed by atoms with Gasteiger partial charge in [0.25, 0.3) is 0 Å². The van der Waals surface area contributed by atoms with E-state index in [1.54, 1.807) is 13.8 Å². The summed E-state index contributed by atoms with van der Waals surface area (Å²) in [5, 5.41) is 10.1. The van der Waals surface area contributed by atoms with E-state index < -0.39 is 5.60 Å². The molecule has 1 unspecified atom stereocenters. The molecule has 1 aliphatic heterocycles. The maximum absolute atomic E-state index is 10.1. The average Bonchev–Trinajstić information content (AvgIpc) is 2.41. The van der Waals surface area contributed by atoms with Crippen molar-refractivity contribution >= 4 is 15.9 Å². The molecule has 3 heteroatoms. The fourth-order valence-electron chi connectivity index (χ4n) is 1.95. The lowest BCUT2D eigenvalue weighted by atomic mass is 9.95. The molecule has 1 aromatic rings. The van der Waals surface area contributed by atoms with Gasteiger partial charge in [0.2, 0.25) is 0 Å². The minimum absolute atomic E-state index is 0.204. The minimum atomic E-state index is -0.863. The number of aliphatic hydroxyl groups is 1. The lowest BCUT2D eigenvalue weighted by Gasteiger charge is -2.21. The molecule has 0 fully saturated rings. The van der Waals surface area contributed by atoms with Crippen molar-refractivity contribution in [1.82, 2.24) is 0 Å². The van der Waals surface area contributed by atoms with Crippen LogP contribution in [0.15, 0.2) is 16.6 Å². The zero-order valence-electron chi connectivity index (χ0n) is 9.17. The summed E-state index contributed by atoms with van der Waals surface area (Å²) in [6.07, 6.45) is 1.12. The van der Waals surface area contributed by atoms with E-state index in [1.165, 1.54) is 5.56 Å². The van der Waals surface area contributed by atoms with Gasteiger partial charge in [0.05, 0.1) is 5.60 Å². The molecule has 0 saturated heterocycles. The summed E-state index contributed by atoms with van der Waals surface area (Å²) < 4.78 is 6.73. The average molecular weight is 271 g/mol. The fourth-order valence-corrected chi connectivity index (χ4v) is 2.45. The van der Waals surface area contributed by atoms with Crippen molar-refractivity contribution in [2.24, 2.45) is 0 Å². The second kappa shape index (κ2) is 3.49. The molecule has 1 N–H and O–H groups in total. The quantitative estimate of drug-likeness (QED) is 0.850. The number of benzene rings is 1. The highest BCUT2D eigenvalue weighted by molar-refractivity contribution is 9.10. The Morgan fingerprint density at radius 2 is 2.13 bits per heavy atom. The molecular formula is C12H15BrO2. The van der Waals surface area contributed by atoms with E-state index in [0.29, 0.717) is 0 Å². The Morgan fingerprint density at radius 3 is 2.73 bits per heavy atom. The van der Waals surface area contributed by atoms with Gasteiger partial charge >= 0.3 is 0 Å². The molecule has 1 aromatic carbocycles. The van der Waals surface area contributed by atoms with Crippen molar-refractivity contribution in [3.8, 4) is 5.75 Å². The Labute approximate surface area is 98.4 Å². The van der Waals surface area contributed by atoms with Gasteiger partial charge in [-0.2, -0.15) is 0 Å². The van der Waals surface area contributed by atoms with Crippen LogP contribution in [0.2, 0.25) is 0 Å². The molecule has 1 aliphatic rings. The van der Waals surface area contributed by atoms with Crippen LogP contribution in [0.25, 0.3) is 0 Å². The van der Waals surface area contributed by atoms with Gasteiger partial charge in [-0.15, -0.1) is 0 Å². The van der Waals surface area contributed by atoms with E-state index in [2.05, 4.69) is 22.0 Å². The highest BCUT2D eigenvalue weighted by Crippen LogP contribution is 2.40. The molecule has 0 aromatic heterocycles. The van der Waals surface area contributed by atoms with Gasteiger partial charge in [-0.3, -0.25) is 0 Å². The molecule has 0 spiro atoms. The lowest BCUT2D eigenvalue weighted by Crippen LogP contribution is -2.17. The van der Waals surface area contributed by atoms with Crippen molar-refractivity contribution in [2.45, 2.75) is 38.9 Å². The molecule has 2 rings (SSSR count). The number of halogens is 1. The van der Waals surface area contributed by atoms with E-state index in [1.807, 2.05) is 13.0 Å². The number of hydrogen-bond donors (Lipinski definition) is 1. The van der Waals surface area contributed by atoms with Gasteiger partial charge in [0.15, 0.2) is 0 Å². The Bertz CT molecular complexity index is 393. The van der Waals surface area contributed by atoms with Crippen LogP contribution in [-0.2, 0) is 12.0 Å². The molecular weight excluding hydrogens is 256 g/mol. The highest BCUT2D eigenvalue weighted by atomic mass is 79.9. The molecule has 0 amide bonds. The molecule has 15 heavy (non-hydrogen) atoms. The SMILES string of the molecule is CC1Cc2cc(Br)cc(C(C)(C)O)c2O1. The third kappa shape index (κ3) is 2.04. The van der Waals surface area contributed by atoms with E-state index >= 15 is 0 Å². The largest absolute Gasteiger partial charge is 0.490 e. The van der Waals surface area contributed by atoms with Gasteiger partial charge < -0.3 is 9.84 Å². The summed E-state index contributed by atoms with van der Waals surface area (Å²) in [6.45, 7) is 5.60. The molecule has 0 aliphatic carbocycles. The first-order chi connectivity index (χ1) is 6.88. The smallest absolute Gasteiger partial charge is 0.129 e. The monoisotopic (exact) mass is 270 g/mol. The highest BCUT2D eigenvalue weighted by Gasteiger charge is 2.29. The van der Waals surface area contributed by atoms with E-state index in [0.717, 1.165) is 22.2 Å². The summed E-state index contributed by atoms with van der Waals surface area (Å²) >= 11 is 3.46. The van der Waals surface area contributed by atoms with Crippen molar-refractivity contribution in [3.63, 3.8) is 0 Å². The summed E-state index contributed by atoms with van der Waals surface area (Å²) in [7, 11) is 0. The van der Waals surface area contributed by atoms with Gasteiger partial charge in [0, 0.05) is 16.5 Å². The first-order valence-corrected chi connectivity index (χ1v) is 5.89. The van der Waals surface area contributed by atoms with Crippen LogP contribution in [-0.4, -0.2) is 11.2 Å². The Kier molecular flexibility index (Phi) is 2.55. The van der Waals surface area contributed by atoms with Crippen LogP contribution in [0.3, 0.4) is 0 Å². The number of ether oxygens (including phenoxy) is 1. The van der Waals surface area contributed by atoms with Crippen LogP contribution < -0.4 is 4.74 Å². The summed E-state index contributed by atoms with van der Waals surface area (Å²) in [5.74, 6) is 0.859. The summed E-state index contributed by atoms with van der Waals surface area (Å²) in [5.41, 5.74) is 1.17. The fraction of sp³-hybridized carbons (Fsp3) is 0.500. The standard InChI is InChI=1S/C12H15BrO2/c1-7-4-8-5-9(13)6-10(11(8)15-7)12(2,3)14/h5-7,14H,4H2,1-3H3. The van der Waals surface area contributed by atoms with Crippen molar-refractivity contribution in [3.05, 3.63) is 27.7 Å². The second-order valence-corrected chi connectivity index (χ2v) is 5.55. The Hall–Kier alpha value is -0.540. The van der Waals surface area contributed by atoms with Gasteiger partial charge in [-0.25, -0.2) is 0 Å². The van der Waals surface area contributed by atoms with Gasteiger partial charge in [-0.1, -0.05) is 15.9 Å². The Balaban J connectivity index is 2.57. The van der Waals surface area contributed by atoms with Gasteiger partial charge in [0.1, 0.15) is 11.9 Å². The lowest BCUT2D eigenvalue weighted by molar-refractivity contribution is 0.0742. The maximum Gasteiger partial charge on any atom is 0.129 e. The van der Waals surface area contributed by atoms with Crippen LogP contribution >= 0.6 is 15.9 Å². The first-order valence-electron chi connectivity index (χ1n) is 5.10. The summed E-state index contributed by atoms with van der Waals surface area (Å²) in [4.78, 5) is 0. The van der Waals surface area contributed by atoms with Crippen LogP contribution in [0.4, 0.5) is 0 Å². The Morgan fingerprint density at radius 1 is 1.47 bits per heavy atom. The van der Waals surface area contributed by atoms with Crippen molar-refractivity contribution in [1.29, 1.82) is 0 Å². The van der Waals surface area contributed by atoms with Crippen molar-refractivity contribution in [2.75, 3.05) is 0 Å². The summed E-state index contributed by atoms with van der Waals surface area (Å²) in [6, 6.07) is 3.99. The molecule has 0 radical (unpaired) electrons. The van der Waals surface area contributed by atoms with E-state index in [-0.39, 0.29) is 6.10 Å². The van der Waals surface area contributed by atoms with Gasteiger partial charge in [-0.05, 0) is 38.5 Å². The predicted octanol–water partition coefficient (Wildman–Crippen LogP) is 3.00. The minimum Gasteiger partial charge on any atom is -0.490 e. The van der Waals surface area contributed by atoms with Crippen LogP contribution in [0.5, 0.6) is 5.75 Å². The predicted molar refractivity (Wildman–Crippen MR) is 63.2 cm³/mol. The second-order valence-electron chi connectivity index (χ2n) is 4.63. The number of fused-ring (bicyclic) bond motifs is 1. The molecule has 1 atom stereocenters. The maximum atomic E-state index is 10.1.